The summed E-state index contributed by atoms with van der Waals surface area (Å²) >= 11 is 18.0. The van der Waals surface area contributed by atoms with Gasteiger partial charge in [0.25, 0.3) is 0 Å². The lowest BCUT2D eigenvalue weighted by molar-refractivity contribution is 0.0544. The van der Waals surface area contributed by atoms with Crippen LogP contribution in [-0.4, -0.2) is 16.3 Å². The molecule has 1 aromatic carbocycles. The number of carbonyl (C=O) groups is 1. The van der Waals surface area contributed by atoms with Crippen molar-refractivity contribution in [2.75, 3.05) is 0 Å². The van der Waals surface area contributed by atoms with Crippen LogP contribution in [0, 0.1) is 0 Å². The van der Waals surface area contributed by atoms with Crippen LogP contribution in [0.4, 0.5) is 4.79 Å². The Balaban J connectivity index is 2.56. The van der Waals surface area contributed by atoms with E-state index in [1.807, 2.05) is 0 Å². The Morgan fingerprint density at radius 1 is 1.11 bits per heavy atom. The van der Waals surface area contributed by atoms with E-state index in [0.717, 1.165) is 0 Å². The Morgan fingerprint density at radius 3 is 2.26 bits per heavy atom. The predicted molar refractivity (Wildman–Crippen MR) is 78.6 cm³/mol. The molecule has 0 atom stereocenters. The first-order chi connectivity index (χ1) is 8.69. The van der Waals surface area contributed by atoms with Crippen molar-refractivity contribution in [3.63, 3.8) is 0 Å². The molecule has 0 fully saturated rings. The summed E-state index contributed by atoms with van der Waals surface area (Å²) in [6.07, 6.45) is 0.982. The molecule has 0 bridgehead atoms. The first kappa shape index (κ1) is 14.5. The maximum Gasteiger partial charge on any atom is 0.419 e. The number of fused-ring (bicyclic) bond motifs is 1. The molecule has 0 aliphatic heterocycles. The molecular weight excluding hydrogens is 309 g/mol. The zero-order valence-electron chi connectivity index (χ0n) is 10.6. The molecular formula is C13H12Cl3NO2. The Kier molecular flexibility index (Phi) is 3.74. The minimum absolute atomic E-state index is 0.355. The largest absolute Gasteiger partial charge is 0.443 e. The summed E-state index contributed by atoms with van der Waals surface area (Å²) < 4.78 is 6.63. The highest BCUT2D eigenvalue weighted by atomic mass is 35.5. The van der Waals surface area contributed by atoms with Crippen molar-refractivity contribution in [2.45, 2.75) is 26.4 Å². The molecule has 2 rings (SSSR count). The highest BCUT2D eigenvalue weighted by Gasteiger charge is 2.21. The molecule has 19 heavy (non-hydrogen) atoms. The van der Waals surface area contributed by atoms with Crippen LogP contribution >= 0.6 is 34.8 Å². The third-order valence-electron chi connectivity index (χ3n) is 2.39. The van der Waals surface area contributed by atoms with Crippen LogP contribution in [0.2, 0.25) is 15.1 Å². The lowest BCUT2D eigenvalue weighted by atomic mass is 10.2. The first-order valence-corrected chi connectivity index (χ1v) is 6.71. The van der Waals surface area contributed by atoms with Gasteiger partial charge in [-0.2, -0.15) is 0 Å². The second-order valence-electron chi connectivity index (χ2n) is 5.11. The molecule has 0 spiro atoms. The first-order valence-electron chi connectivity index (χ1n) is 5.58. The summed E-state index contributed by atoms with van der Waals surface area (Å²) in [5.41, 5.74) is -0.0234. The van der Waals surface area contributed by atoms with E-state index < -0.39 is 11.7 Å². The number of nitrogens with zero attached hydrogens (tertiary/aromatic N) is 1. The SMILES string of the molecule is CC(C)(C)OC(=O)n1cc(Cl)c2cc(Cl)c(Cl)cc21. The lowest BCUT2D eigenvalue weighted by Crippen LogP contribution is -2.26. The molecule has 0 aliphatic rings. The summed E-state index contributed by atoms with van der Waals surface area (Å²) in [7, 11) is 0. The van der Waals surface area contributed by atoms with Gasteiger partial charge in [0, 0.05) is 11.6 Å². The molecule has 1 aromatic heterocycles. The third-order valence-corrected chi connectivity index (χ3v) is 3.41. The number of carbonyl (C=O) groups excluding carboxylic acids is 1. The van der Waals surface area contributed by atoms with Crippen LogP contribution in [-0.2, 0) is 4.74 Å². The van der Waals surface area contributed by atoms with Gasteiger partial charge in [-0.15, -0.1) is 0 Å². The molecule has 0 unspecified atom stereocenters. The van der Waals surface area contributed by atoms with Crippen LogP contribution in [0.5, 0.6) is 0 Å². The zero-order chi connectivity index (χ0) is 14.4. The van der Waals surface area contributed by atoms with Gasteiger partial charge in [0.15, 0.2) is 0 Å². The summed E-state index contributed by atoms with van der Waals surface area (Å²) in [6, 6.07) is 3.22. The van der Waals surface area contributed by atoms with Gasteiger partial charge in [0.1, 0.15) is 5.60 Å². The van der Waals surface area contributed by atoms with Crippen LogP contribution in [0.3, 0.4) is 0 Å². The van der Waals surface area contributed by atoms with E-state index in [1.165, 1.54) is 10.8 Å². The van der Waals surface area contributed by atoms with E-state index in [2.05, 4.69) is 0 Å². The summed E-state index contributed by atoms with van der Waals surface area (Å²) in [6.45, 7) is 5.38. The van der Waals surface area contributed by atoms with Gasteiger partial charge in [-0.05, 0) is 32.9 Å². The molecule has 0 amide bonds. The Bertz CT molecular complexity index is 656. The van der Waals surface area contributed by atoms with Crippen molar-refractivity contribution >= 4 is 51.8 Å². The molecule has 0 aliphatic carbocycles. The van der Waals surface area contributed by atoms with Gasteiger partial charge in [-0.3, -0.25) is 4.57 Å². The average molecular weight is 321 g/mol. The number of aromatic nitrogens is 1. The molecule has 3 nitrogen and oxygen atoms in total. The van der Waals surface area contributed by atoms with Gasteiger partial charge in [0.05, 0.1) is 20.6 Å². The number of benzene rings is 1. The number of hydrogen-bond donors (Lipinski definition) is 0. The quantitative estimate of drug-likeness (QED) is 0.652. The smallest absolute Gasteiger partial charge is 0.419 e. The van der Waals surface area contributed by atoms with E-state index in [1.54, 1.807) is 32.9 Å². The van der Waals surface area contributed by atoms with Crippen LogP contribution in [0.15, 0.2) is 18.3 Å². The second kappa shape index (κ2) is 4.89. The fourth-order valence-electron chi connectivity index (χ4n) is 1.64. The van der Waals surface area contributed by atoms with Crippen molar-refractivity contribution < 1.29 is 9.53 Å². The van der Waals surface area contributed by atoms with Crippen LogP contribution in [0.25, 0.3) is 10.9 Å². The molecule has 0 saturated carbocycles. The summed E-state index contributed by atoms with van der Waals surface area (Å²) in [5.74, 6) is 0. The van der Waals surface area contributed by atoms with E-state index in [9.17, 15) is 4.79 Å². The number of rotatable bonds is 0. The molecule has 2 aromatic rings. The molecule has 0 saturated heterocycles. The minimum Gasteiger partial charge on any atom is -0.443 e. The van der Waals surface area contributed by atoms with Crippen molar-refractivity contribution in [1.29, 1.82) is 0 Å². The number of halogens is 3. The number of hydrogen-bond acceptors (Lipinski definition) is 2. The molecule has 102 valence electrons. The molecule has 0 N–H and O–H groups in total. The molecule has 6 heteroatoms. The van der Waals surface area contributed by atoms with Gasteiger partial charge < -0.3 is 4.74 Å². The number of ether oxygens (including phenoxy) is 1. The fourth-order valence-corrected chi connectivity index (χ4v) is 2.21. The van der Waals surface area contributed by atoms with Crippen molar-refractivity contribution in [3.05, 3.63) is 33.4 Å². The third kappa shape index (κ3) is 2.99. The normalized spacial score (nSPS) is 11.9. The highest BCUT2D eigenvalue weighted by Crippen LogP contribution is 2.33. The van der Waals surface area contributed by atoms with Crippen LogP contribution < -0.4 is 0 Å². The highest BCUT2D eigenvalue weighted by molar-refractivity contribution is 6.44. The summed E-state index contributed by atoms with van der Waals surface area (Å²) in [5, 5.41) is 1.81. The van der Waals surface area contributed by atoms with Crippen molar-refractivity contribution in [1.82, 2.24) is 4.57 Å². The van der Waals surface area contributed by atoms with Crippen molar-refractivity contribution in [3.8, 4) is 0 Å². The maximum absolute atomic E-state index is 12.1. The lowest BCUT2D eigenvalue weighted by Gasteiger charge is -2.19. The van der Waals surface area contributed by atoms with E-state index in [0.29, 0.717) is 26.0 Å². The van der Waals surface area contributed by atoms with Gasteiger partial charge in [-0.1, -0.05) is 34.8 Å². The Labute approximate surface area is 126 Å². The molecule has 0 radical (unpaired) electrons. The monoisotopic (exact) mass is 319 g/mol. The Hall–Kier alpha value is -0.900. The average Bonchev–Trinajstić information content (AvgIpc) is 2.55. The van der Waals surface area contributed by atoms with Crippen molar-refractivity contribution in [2.24, 2.45) is 0 Å². The maximum atomic E-state index is 12.1. The molecule has 1 heterocycles. The van der Waals surface area contributed by atoms with Crippen LogP contribution in [0.1, 0.15) is 20.8 Å². The zero-order valence-corrected chi connectivity index (χ0v) is 12.9. The van der Waals surface area contributed by atoms with Gasteiger partial charge >= 0.3 is 6.09 Å². The van der Waals surface area contributed by atoms with E-state index >= 15 is 0 Å². The topological polar surface area (TPSA) is 31.2 Å². The Morgan fingerprint density at radius 2 is 1.68 bits per heavy atom. The summed E-state index contributed by atoms with van der Waals surface area (Å²) in [4.78, 5) is 12.1. The second-order valence-corrected chi connectivity index (χ2v) is 6.33. The van der Waals surface area contributed by atoms with E-state index in [-0.39, 0.29) is 0 Å². The predicted octanol–water partition coefficient (Wildman–Crippen LogP) is 5.38. The van der Waals surface area contributed by atoms with E-state index in [4.69, 9.17) is 39.5 Å². The fraction of sp³-hybridized carbons (Fsp3) is 0.308. The van der Waals surface area contributed by atoms with Gasteiger partial charge in [0.2, 0.25) is 0 Å². The minimum atomic E-state index is -0.587. The van der Waals surface area contributed by atoms with Gasteiger partial charge in [-0.25, -0.2) is 4.79 Å². The standard InChI is InChI=1S/C13H12Cl3NO2/c1-13(2,3)19-12(18)17-6-10(16)7-4-8(14)9(15)5-11(7)17/h4-6H,1-3H3.